The van der Waals surface area contributed by atoms with E-state index in [1.54, 1.807) is 6.08 Å². The van der Waals surface area contributed by atoms with Gasteiger partial charge in [-0.25, -0.2) is 0 Å². The average Bonchev–Trinajstić information content (AvgIpc) is 3.38. The summed E-state index contributed by atoms with van der Waals surface area (Å²) in [7, 11) is 0. The van der Waals surface area contributed by atoms with E-state index in [1.807, 2.05) is 6.08 Å². The molecule has 1 amide bonds. The number of ether oxygens (including phenoxy) is 1. The molecule has 0 radical (unpaired) electrons. The highest BCUT2D eigenvalue weighted by molar-refractivity contribution is 5.76. The van der Waals surface area contributed by atoms with Gasteiger partial charge < -0.3 is 20.3 Å². The molecule has 0 aliphatic heterocycles. The summed E-state index contributed by atoms with van der Waals surface area (Å²) in [6.45, 7) is 4.88. The molecule has 2 atom stereocenters. The van der Waals surface area contributed by atoms with Crippen LogP contribution < -0.4 is 5.32 Å². The fourth-order valence-electron chi connectivity index (χ4n) is 10.2. The van der Waals surface area contributed by atoms with E-state index in [4.69, 9.17) is 4.74 Å². The summed E-state index contributed by atoms with van der Waals surface area (Å²) in [5.41, 5.74) is 0. The monoisotopic (exact) mass is 1010 g/mol. The first-order valence-corrected chi connectivity index (χ1v) is 32.6. The predicted octanol–water partition coefficient (Wildman–Crippen LogP) is 20.6. The minimum absolute atomic E-state index is 0.00942. The van der Waals surface area contributed by atoms with Gasteiger partial charge in [-0.1, -0.05) is 321 Å². The lowest BCUT2D eigenvalue weighted by molar-refractivity contribution is -0.143. The van der Waals surface area contributed by atoms with Crippen LogP contribution in [0.15, 0.2) is 24.3 Å². The van der Waals surface area contributed by atoms with Crippen LogP contribution in [0.2, 0.25) is 0 Å². The summed E-state index contributed by atoms with van der Waals surface area (Å²) in [6.07, 6.45) is 76.8. The second-order valence-electron chi connectivity index (χ2n) is 22.5. The van der Waals surface area contributed by atoms with E-state index < -0.39 is 12.1 Å². The molecule has 0 fully saturated rings. The zero-order valence-corrected chi connectivity index (χ0v) is 48.7. The van der Waals surface area contributed by atoms with Crippen molar-refractivity contribution >= 4 is 11.9 Å². The molecular weight excluding hydrogens is 887 g/mol. The van der Waals surface area contributed by atoms with Gasteiger partial charge in [0.15, 0.2) is 0 Å². The van der Waals surface area contributed by atoms with Gasteiger partial charge in [0.1, 0.15) is 0 Å². The fourth-order valence-corrected chi connectivity index (χ4v) is 10.2. The lowest BCUT2D eigenvalue weighted by atomic mass is 10.0. The highest BCUT2D eigenvalue weighted by atomic mass is 16.5. The first-order chi connectivity index (χ1) is 35.5. The van der Waals surface area contributed by atoms with Gasteiger partial charge >= 0.3 is 5.97 Å². The number of aliphatic hydroxyl groups is 2. The molecule has 426 valence electrons. The molecule has 0 saturated heterocycles. The molecule has 6 heteroatoms. The maximum absolute atomic E-state index is 12.5. The number of carbonyl (C=O) groups is 2. The van der Waals surface area contributed by atoms with Crippen LogP contribution in [-0.4, -0.2) is 47.4 Å². The third kappa shape index (κ3) is 57.6. The van der Waals surface area contributed by atoms with Crippen LogP contribution in [-0.2, 0) is 14.3 Å². The maximum atomic E-state index is 12.5. The van der Waals surface area contributed by atoms with Crippen LogP contribution in [0.5, 0.6) is 0 Å². The van der Waals surface area contributed by atoms with E-state index in [2.05, 4.69) is 31.3 Å². The maximum Gasteiger partial charge on any atom is 0.305 e. The molecule has 0 bridgehead atoms. The summed E-state index contributed by atoms with van der Waals surface area (Å²) in [5.74, 6) is -0.0531. The molecule has 0 aliphatic rings. The van der Waals surface area contributed by atoms with E-state index in [0.717, 1.165) is 44.9 Å². The lowest BCUT2D eigenvalue weighted by Gasteiger charge is -2.20. The summed E-state index contributed by atoms with van der Waals surface area (Å²) in [4.78, 5) is 24.4. The first kappa shape index (κ1) is 70.3. The molecule has 0 heterocycles. The van der Waals surface area contributed by atoms with Crippen molar-refractivity contribution in [2.24, 2.45) is 0 Å². The van der Waals surface area contributed by atoms with Gasteiger partial charge in [-0.2, -0.15) is 0 Å². The number of esters is 1. The van der Waals surface area contributed by atoms with E-state index >= 15 is 0 Å². The summed E-state index contributed by atoms with van der Waals surface area (Å²) in [5, 5.41) is 23.1. The number of unbranched alkanes of at least 4 members (excludes halogenated alkanes) is 48. The largest absolute Gasteiger partial charge is 0.466 e. The van der Waals surface area contributed by atoms with Crippen LogP contribution in [0.1, 0.15) is 361 Å². The Balaban J connectivity index is 3.33. The third-order valence-electron chi connectivity index (χ3n) is 15.2. The van der Waals surface area contributed by atoms with Crippen molar-refractivity contribution in [1.82, 2.24) is 5.32 Å². The molecular formula is C66H127NO5. The van der Waals surface area contributed by atoms with Crippen LogP contribution >= 0.6 is 0 Å². The molecule has 2 unspecified atom stereocenters. The Morgan fingerprint density at radius 1 is 0.375 bits per heavy atom. The molecule has 0 spiro atoms. The Morgan fingerprint density at radius 2 is 0.667 bits per heavy atom. The van der Waals surface area contributed by atoms with Crippen LogP contribution in [0.3, 0.4) is 0 Å². The minimum Gasteiger partial charge on any atom is -0.466 e. The first-order valence-electron chi connectivity index (χ1n) is 32.6. The molecule has 0 aliphatic carbocycles. The van der Waals surface area contributed by atoms with Gasteiger partial charge in [-0.05, 0) is 51.4 Å². The van der Waals surface area contributed by atoms with Crippen LogP contribution in [0, 0.1) is 0 Å². The number of amides is 1. The number of carbonyl (C=O) groups excluding carboxylic acids is 2. The highest BCUT2D eigenvalue weighted by Crippen LogP contribution is 2.18. The van der Waals surface area contributed by atoms with Crippen molar-refractivity contribution in [2.45, 2.75) is 373 Å². The van der Waals surface area contributed by atoms with Crippen molar-refractivity contribution in [3.63, 3.8) is 0 Å². The van der Waals surface area contributed by atoms with Gasteiger partial charge in [-0.15, -0.1) is 0 Å². The molecule has 6 nitrogen and oxygen atoms in total. The van der Waals surface area contributed by atoms with Crippen molar-refractivity contribution in [3.05, 3.63) is 24.3 Å². The van der Waals surface area contributed by atoms with Crippen molar-refractivity contribution in [2.75, 3.05) is 13.2 Å². The average molecular weight is 1010 g/mol. The third-order valence-corrected chi connectivity index (χ3v) is 15.2. The number of hydrogen-bond donors (Lipinski definition) is 3. The predicted molar refractivity (Wildman–Crippen MR) is 315 cm³/mol. The van der Waals surface area contributed by atoms with Crippen molar-refractivity contribution in [3.8, 4) is 0 Å². The standard InChI is InChI=1S/C66H127NO5/c1-3-5-7-9-11-13-15-35-39-42-46-50-54-58-64(69)63(62-68)67-65(70)59-55-51-47-43-40-36-33-31-29-27-25-23-21-19-17-16-18-20-22-24-26-28-30-32-34-37-41-45-49-53-57-61-72-66(71)60-56-52-48-44-38-14-12-10-8-6-4-2/h10,12,54,58,63-64,68-69H,3-9,11,13-53,55-57,59-62H2,1-2H3,(H,67,70)/b12-10-,58-54+. The van der Waals surface area contributed by atoms with Crippen molar-refractivity contribution < 1.29 is 24.5 Å². The molecule has 3 N–H and O–H groups in total. The van der Waals surface area contributed by atoms with Gasteiger partial charge in [0.05, 0.1) is 25.4 Å². The molecule has 0 rings (SSSR count). The smallest absolute Gasteiger partial charge is 0.305 e. The quantitative estimate of drug-likeness (QED) is 0.0320. The second-order valence-corrected chi connectivity index (χ2v) is 22.5. The van der Waals surface area contributed by atoms with E-state index in [-0.39, 0.29) is 18.5 Å². The summed E-state index contributed by atoms with van der Waals surface area (Å²) < 4.78 is 5.47. The Labute approximate surface area is 450 Å². The number of allylic oxidation sites excluding steroid dienone is 3. The van der Waals surface area contributed by atoms with Gasteiger partial charge in [0.2, 0.25) is 5.91 Å². The highest BCUT2D eigenvalue weighted by Gasteiger charge is 2.18. The summed E-state index contributed by atoms with van der Waals surface area (Å²) in [6, 6.07) is -0.623. The number of aliphatic hydroxyl groups excluding tert-OH is 2. The van der Waals surface area contributed by atoms with Gasteiger partial charge in [0, 0.05) is 12.8 Å². The van der Waals surface area contributed by atoms with Crippen molar-refractivity contribution in [1.29, 1.82) is 0 Å². The molecule has 0 aromatic carbocycles. The Kier molecular flexibility index (Phi) is 60.5. The molecule has 0 saturated carbocycles. The van der Waals surface area contributed by atoms with E-state index in [0.29, 0.717) is 19.4 Å². The fraction of sp³-hybridized carbons (Fsp3) is 0.909. The SMILES string of the molecule is CCCC/C=C\CCCCCCCC(=O)OCCCCCCCCCCCCCCCCCCCCCCCCCCCCCCCCCC(=O)NC(CO)C(O)/C=C/CCCCCCCCCCCCC. The zero-order valence-electron chi connectivity index (χ0n) is 48.7. The topological polar surface area (TPSA) is 95.9 Å². The lowest BCUT2D eigenvalue weighted by Crippen LogP contribution is -2.45. The molecule has 0 aromatic heterocycles. The molecule has 0 aromatic rings. The van der Waals surface area contributed by atoms with Crippen LogP contribution in [0.4, 0.5) is 0 Å². The summed E-state index contributed by atoms with van der Waals surface area (Å²) >= 11 is 0. The van der Waals surface area contributed by atoms with Crippen LogP contribution in [0.25, 0.3) is 0 Å². The normalized spacial score (nSPS) is 12.7. The van der Waals surface area contributed by atoms with E-state index in [1.165, 1.54) is 289 Å². The number of hydrogen-bond acceptors (Lipinski definition) is 5. The zero-order chi connectivity index (χ0) is 52.2. The minimum atomic E-state index is -0.840. The number of rotatable bonds is 61. The Morgan fingerprint density at radius 3 is 1.03 bits per heavy atom. The Hall–Kier alpha value is -1.66. The van der Waals surface area contributed by atoms with Gasteiger partial charge in [0.25, 0.3) is 0 Å². The molecule has 72 heavy (non-hydrogen) atoms. The Bertz CT molecular complexity index is 1120. The van der Waals surface area contributed by atoms with Gasteiger partial charge in [-0.3, -0.25) is 9.59 Å². The van der Waals surface area contributed by atoms with E-state index in [9.17, 15) is 19.8 Å². The number of nitrogens with one attached hydrogen (secondary N) is 1. The second kappa shape index (κ2) is 61.9.